The van der Waals surface area contributed by atoms with Crippen LogP contribution in [-0.4, -0.2) is 48.6 Å². The summed E-state index contributed by atoms with van der Waals surface area (Å²) in [6.07, 6.45) is 6.01. The van der Waals surface area contributed by atoms with E-state index >= 15 is 0 Å². The van der Waals surface area contributed by atoms with E-state index in [1.807, 2.05) is 6.20 Å². The van der Waals surface area contributed by atoms with Crippen LogP contribution in [0, 0.1) is 0 Å². The number of nitrogens with one attached hydrogen (secondary N) is 1. The van der Waals surface area contributed by atoms with Crippen molar-refractivity contribution in [1.82, 2.24) is 15.2 Å². The SMILES string of the molecule is CNC(=O)C1(COC)CCCN1Cc1ncc(C2CC2)o1. The first-order valence-corrected chi connectivity index (χ1v) is 7.60. The first-order chi connectivity index (χ1) is 10.2. The minimum atomic E-state index is -0.599. The van der Waals surface area contributed by atoms with Crippen LogP contribution in [0.15, 0.2) is 10.6 Å². The van der Waals surface area contributed by atoms with Crippen molar-refractivity contribution >= 4 is 5.91 Å². The third kappa shape index (κ3) is 2.70. The third-order valence-electron chi connectivity index (χ3n) is 4.53. The molecule has 3 rings (SSSR count). The second-order valence-electron chi connectivity index (χ2n) is 6.00. The van der Waals surface area contributed by atoms with E-state index in [0.29, 0.717) is 25.0 Å². The molecule has 1 aromatic rings. The molecule has 6 nitrogen and oxygen atoms in total. The summed E-state index contributed by atoms with van der Waals surface area (Å²) in [6.45, 7) is 1.81. The Labute approximate surface area is 124 Å². The van der Waals surface area contributed by atoms with Gasteiger partial charge in [0.2, 0.25) is 11.8 Å². The van der Waals surface area contributed by atoms with Crippen LogP contribution < -0.4 is 5.32 Å². The zero-order valence-electron chi connectivity index (χ0n) is 12.7. The number of hydrogen-bond acceptors (Lipinski definition) is 5. The van der Waals surface area contributed by atoms with E-state index in [4.69, 9.17) is 9.15 Å². The lowest BCUT2D eigenvalue weighted by atomic mass is 9.96. The fourth-order valence-corrected chi connectivity index (χ4v) is 3.24. The van der Waals surface area contributed by atoms with Crippen LogP contribution in [0.1, 0.15) is 43.3 Å². The van der Waals surface area contributed by atoms with Gasteiger partial charge in [0.15, 0.2) is 0 Å². The van der Waals surface area contributed by atoms with E-state index in [9.17, 15) is 4.79 Å². The summed E-state index contributed by atoms with van der Waals surface area (Å²) in [7, 11) is 3.31. The smallest absolute Gasteiger partial charge is 0.242 e. The van der Waals surface area contributed by atoms with Gasteiger partial charge in [-0.2, -0.15) is 0 Å². The number of carbonyl (C=O) groups is 1. The maximum absolute atomic E-state index is 12.4. The molecule has 21 heavy (non-hydrogen) atoms. The van der Waals surface area contributed by atoms with E-state index in [0.717, 1.165) is 25.1 Å². The highest BCUT2D eigenvalue weighted by Gasteiger charge is 2.47. The van der Waals surface area contributed by atoms with E-state index in [1.54, 1.807) is 14.2 Å². The molecule has 0 spiro atoms. The van der Waals surface area contributed by atoms with Crippen LogP contribution in [0.3, 0.4) is 0 Å². The number of aromatic nitrogens is 1. The molecule has 1 aliphatic heterocycles. The van der Waals surface area contributed by atoms with Gasteiger partial charge >= 0.3 is 0 Å². The standard InChI is InChI=1S/C15H23N3O3/c1-16-14(19)15(10-20-2)6-3-7-18(15)9-13-17-8-12(21-13)11-4-5-11/h8,11H,3-7,9-10H2,1-2H3,(H,16,19). The van der Waals surface area contributed by atoms with Crippen molar-refractivity contribution in [2.45, 2.75) is 43.7 Å². The van der Waals surface area contributed by atoms with Crippen molar-refractivity contribution in [3.63, 3.8) is 0 Å². The summed E-state index contributed by atoms with van der Waals surface area (Å²) in [5.74, 6) is 2.26. The number of methoxy groups -OCH3 is 1. The number of amides is 1. The zero-order valence-corrected chi connectivity index (χ0v) is 12.7. The molecule has 1 N–H and O–H groups in total. The molecule has 1 aliphatic carbocycles. The Bertz CT molecular complexity index is 512. The van der Waals surface area contributed by atoms with Crippen LogP contribution in [0.5, 0.6) is 0 Å². The molecule has 1 aromatic heterocycles. The number of hydrogen-bond donors (Lipinski definition) is 1. The Balaban J connectivity index is 1.76. The number of likely N-dealkylation sites (N-methyl/N-ethyl adjacent to an activating group) is 1. The largest absolute Gasteiger partial charge is 0.444 e. The molecule has 1 saturated carbocycles. The Hall–Kier alpha value is -1.40. The quantitative estimate of drug-likeness (QED) is 0.855. The molecule has 0 radical (unpaired) electrons. The van der Waals surface area contributed by atoms with Crippen molar-refractivity contribution in [3.8, 4) is 0 Å². The van der Waals surface area contributed by atoms with Crippen LogP contribution in [0.4, 0.5) is 0 Å². The summed E-state index contributed by atoms with van der Waals surface area (Å²) < 4.78 is 11.1. The van der Waals surface area contributed by atoms with Gasteiger partial charge in [-0.25, -0.2) is 4.98 Å². The molecular formula is C15H23N3O3. The average molecular weight is 293 g/mol. The molecule has 116 valence electrons. The number of likely N-dealkylation sites (tertiary alicyclic amines) is 1. The van der Waals surface area contributed by atoms with Gasteiger partial charge in [-0.05, 0) is 32.2 Å². The zero-order chi connectivity index (χ0) is 14.9. The lowest BCUT2D eigenvalue weighted by Gasteiger charge is -2.35. The van der Waals surface area contributed by atoms with Gasteiger partial charge in [0, 0.05) is 20.1 Å². The molecule has 1 amide bonds. The topological polar surface area (TPSA) is 67.6 Å². The summed E-state index contributed by atoms with van der Waals surface area (Å²) in [6, 6.07) is 0. The lowest BCUT2D eigenvalue weighted by Crippen LogP contribution is -2.57. The molecule has 0 aromatic carbocycles. The minimum absolute atomic E-state index is 0.0100. The summed E-state index contributed by atoms with van der Waals surface area (Å²) in [5.41, 5.74) is -0.599. The van der Waals surface area contributed by atoms with Crippen LogP contribution in [-0.2, 0) is 16.1 Å². The molecule has 1 atom stereocenters. The molecule has 2 fully saturated rings. The Kier molecular flexibility index (Phi) is 3.99. The van der Waals surface area contributed by atoms with Crippen molar-refractivity contribution < 1.29 is 13.9 Å². The van der Waals surface area contributed by atoms with Gasteiger partial charge in [-0.1, -0.05) is 0 Å². The normalized spacial score (nSPS) is 26.2. The van der Waals surface area contributed by atoms with Crippen molar-refractivity contribution in [2.75, 3.05) is 27.3 Å². The van der Waals surface area contributed by atoms with Crippen LogP contribution >= 0.6 is 0 Å². The van der Waals surface area contributed by atoms with E-state index in [2.05, 4.69) is 15.2 Å². The van der Waals surface area contributed by atoms with Gasteiger partial charge in [-0.15, -0.1) is 0 Å². The number of rotatable bonds is 6. The highest BCUT2D eigenvalue weighted by Crippen LogP contribution is 2.40. The second kappa shape index (κ2) is 5.77. The van der Waals surface area contributed by atoms with Crippen LogP contribution in [0.2, 0.25) is 0 Å². The van der Waals surface area contributed by atoms with Gasteiger partial charge in [0.25, 0.3) is 0 Å². The van der Waals surface area contributed by atoms with Crippen molar-refractivity contribution in [1.29, 1.82) is 0 Å². The Morgan fingerprint density at radius 1 is 1.62 bits per heavy atom. The first kappa shape index (κ1) is 14.5. The highest BCUT2D eigenvalue weighted by molar-refractivity contribution is 5.86. The number of oxazole rings is 1. The second-order valence-corrected chi connectivity index (χ2v) is 6.00. The van der Waals surface area contributed by atoms with Crippen molar-refractivity contribution in [3.05, 3.63) is 17.8 Å². The fraction of sp³-hybridized carbons (Fsp3) is 0.733. The fourth-order valence-electron chi connectivity index (χ4n) is 3.24. The minimum Gasteiger partial charge on any atom is -0.444 e. The summed E-state index contributed by atoms with van der Waals surface area (Å²) in [5, 5.41) is 2.77. The van der Waals surface area contributed by atoms with Gasteiger partial charge in [0.1, 0.15) is 11.3 Å². The highest BCUT2D eigenvalue weighted by atomic mass is 16.5. The maximum atomic E-state index is 12.4. The molecular weight excluding hydrogens is 270 g/mol. The van der Waals surface area contributed by atoms with Crippen LogP contribution in [0.25, 0.3) is 0 Å². The Morgan fingerprint density at radius 3 is 3.10 bits per heavy atom. The molecule has 1 saturated heterocycles. The lowest BCUT2D eigenvalue weighted by molar-refractivity contribution is -0.135. The van der Waals surface area contributed by atoms with Crippen molar-refractivity contribution in [2.24, 2.45) is 0 Å². The summed E-state index contributed by atoms with van der Waals surface area (Å²) >= 11 is 0. The molecule has 1 unspecified atom stereocenters. The van der Waals surface area contributed by atoms with Gasteiger partial charge in [-0.3, -0.25) is 9.69 Å². The number of ether oxygens (including phenoxy) is 1. The maximum Gasteiger partial charge on any atom is 0.242 e. The molecule has 0 bridgehead atoms. The molecule has 2 aliphatic rings. The number of carbonyl (C=O) groups excluding carboxylic acids is 1. The predicted molar refractivity (Wildman–Crippen MR) is 76.8 cm³/mol. The molecule has 6 heteroatoms. The third-order valence-corrected chi connectivity index (χ3v) is 4.53. The van der Waals surface area contributed by atoms with E-state index in [1.165, 1.54) is 12.8 Å². The Morgan fingerprint density at radius 2 is 2.43 bits per heavy atom. The number of nitrogens with zero attached hydrogens (tertiary/aromatic N) is 2. The monoisotopic (exact) mass is 293 g/mol. The van der Waals surface area contributed by atoms with Gasteiger partial charge in [0.05, 0.1) is 19.3 Å². The van der Waals surface area contributed by atoms with E-state index in [-0.39, 0.29) is 5.91 Å². The van der Waals surface area contributed by atoms with E-state index < -0.39 is 5.54 Å². The summed E-state index contributed by atoms with van der Waals surface area (Å²) in [4.78, 5) is 18.9. The predicted octanol–water partition coefficient (Wildman–Crippen LogP) is 1.28. The first-order valence-electron chi connectivity index (χ1n) is 7.60. The molecule has 2 heterocycles. The average Bonchev–Trinajstić information content (AvgIpc) is 3.11. The van der Waals surface area contributed by atoms with Gasteiger partial charge < -0.3 is 14.5 Å².